The van der Waals surface area contributed by atoms with Gasteiger partial charge in [-0.1, -0.05) is 30.3 Å². The summed E-state index contributed by atoms with van der Waals surface area (Å²) < 4.78 is 24.0. The largest absolute Gasteiger partial charge is 0.465 e. The van der Waals surface area contributed by atoms with Crippen molar-refractivity contribution in [3.05, 3.63) is 87.4 Å². The van der Waals surface area contributed by atoms with Gasteiger partial charge >= 0.3 is 11.7 Å². The fraction of sp³-hybridized carbons (Fsp3) is 0.167. The van der Waals surface area contributed by atoms with E-state index in [0.717, 1.165) is 10.1 Å². The number of ether oxygens (including phenoxy) is 1. The molecule has 5 rings (SSSR count). The number of rotatable bonds is 5. The van der Waals surface area contributed by atoms with Crippen molar-refractivity contribution in [2.24, 2.45) is 7.05 Å². The summed E-state index contributed by atoms with van der Waals surface area (Å²) in [5.41, 5.74) is 1.16. The second kappa shape index (κ2) is 8.14. The Bertz CT molecular complexity index is 1660. The molecule has 5 aromatic rings. The van der Waals surface area contributed by atoms with Crippen LogP contribution in [0.4, 0.5) is 4.39 Å². The van der Waals surface area contributed by atoms with Crippen molar-refractivity contribution in [2.45, 2.75) is 13.5 Å². The maximum absolute atomic E-state index is 13.6. The smallest absolute Gasteiger partial charge is 0.333 e. The minimum Gasteiger partial charge on any atom is -0.465 e. The molecule has 9 nitrogen and oxygen atoms in total. The lowest BCUT2D eigenvalue weighted by molar-refractivity contribution is -0.143. The van der Waals surface area contributed by atoms with Crippen LogP contribution in [0.15, 0.2) is 70.4 Å². The molecule has 0 spiro atoms. The molecule has 0 unspecified atom stereocenters. The Kier molecular flexibility index (Phi) is 5.12. The summed E-state index contributed by atoms with van der Waals surface area (Å²) >= 11 is 0. The molecular formula is C24H20FN5O4. The molecule has 2 aromatic carbocycles. The Morgan fingerprint density at radius 3 is 2.44 bits per heavy atom. The Labute approximate surface area is 191 Å². The first kappa shape index (κ1) is 21.4. The number of nitrogens with zero attached hydrogens (tertiary/aromatic N) is 5. The Morgan fingerprint density at radius 2 is 1.76 bits per heavy atom. The molecule has 34 heavy (non-hydrogen) atoms. The number of carbonyl (C=O) groups excluding carboxylic acids is 1. The molecule has 0 saturated heterocycles. The van der Waals surface area contributed by atoms with Crippen LogP contribution in [0.3, 0.4) is 0 Å². The highest BCUT2D eigenvalue weighted by molar-refractivity contribution is 5.80. The van der Waals surface area contributed by atoms with E-state index in [1.165, 1.54) is 23.7 Å². The van der Waals surface area contributed by atoms with Crippen molar-refractivity contribution in [2.75, 3.05) is 6.61 Å². The molecular weight excluding hydrogens is 441 g/mol. The topological polar surface area (TPSA) is 92.5 Å². The molecule has 0 aliphatic carbocycles. The number of aromatic nitrogens is 5. The van der Waals surface area contributed by atoms with Gasteiger partial charge < -0.3 is 4.74 Å². The first-order chi connectivity index (χ1) is 16.4. The summed E-state index contributed by atoms with van der Waals surface area (Å²) in [7, 11) is 1.48. The number of hydrogen-bond donors (Lipinski definition) is 0. The maximum Gasteiger partial charge on any atom is 0.333 e. The standard InChI is InChI=1S/C24H20FN5O4/c1-3-34-19(31)14-29-22(32)20-21(27(2)24(29)33)26-23-28(20)13-18(15-7-5-4-6-8-15)30(23)17-11-9-16(25)10-12-17/h4-13H,3,14H2,1-2H3. The lowest BCUT2D eigenvalue weighted by atomic mass is 10.1. The second-order valence-corrected chi connectivity index (χ2v) is 7.68. The Morgan fingerprint density at radius 1 is 1.06 bits per heavy atom. The highest BCUT2D eigenvalue weighted by Gasteiger charge is 2.23. The quantitative estimate of drug-likeness (QED) is 0.375. The van der Waals surface area contributed by atoms with Gasteiger partial charge in [-0.3, -0.25) is 23.1 Å². The van der Waals surface area contributed by atoms with Crippen LogP contribution < -0.4 is 11.2 Å². The molecule has 0 aliphatic rings. The minimum absolute atomic E-state index is 0.133. The van der Waals surface area contributed by atoms with Gasteiger partial charge in [-0.15, -0.1) is 0 Å². The third-order valence-corrected chi connectivity index (χ3v) is 5.60. The molecule has 0 saturated carbocycles. The van der Waals surface area contributed by atoms with Crippen molar-refractivity contribution < 1.29 is 13.9 Å². The van der Waals surface area contributed by atoms with Gasteiger partial charge in [-0.2, -0.15) is 4.98 Å². The number of benzene rings is 2. The van der Waals surface area contributed by atoms with E-state index in [2.05, 4.69) is 4.98 Å². The highest BCUT2D eigenvalue weighted by Crippen LogP contribution is 2.28. The van der Waals surface area contributed by atoms with E-state index in [1.54, 1.807) is 34.2 Å². The summed E-state index contributed by atoms with van der Waals surface area (Å²) in [6, 6.07) is 15.4. The maximum atomic E-state index is 13.6. The first-order valence-corrected chi connectivity index (χ1v) is 10.6. The van der Waals surface area contributed by atoms with Crippen molar-refractivity contribution in [1.29, 1.82) is 0 Å². The van der Waals surface area contributed by atoms with Gasteiger partial charge in [0.25, 0.3) is 5.56 Å². The number of halogens is 1. The molecule has 0 bridgehead atoms. The van der Waals surface area contributed by atoms with E-state index < -0.39 is 23.8 Å². The van der Waals surface area contributed by atoms with Crippen LogP contribution in [0, 0.1) is 5.82 Å². The fourth-order valence-corrected chi connectivity index (χ4v) is 4.03. The summed E-state index contributed by atoms with van der Waals surface area (Å²) in [5, 5.41) is 0. The Balaban J connectivity index is 1.86. The highest BCUT2D eigenvalue weighted by atomic mass is 19.1. The van der Waals surface area contributed by atoms with Gasteiger partial charge in [0.05, 0.1) is 12.3 Å². The third kappa shape index (κ3) is 3.31. The normalized spacial score (nSPS) is 11.4. The van der Waals surface area contributed by atoms with Crippen LogP contribution in [-0.2, 0) is 23.1 Å². The van der Waals surface area contributed by atoms with Crippen molar-refractivity contribution in [3.63, 3.8) is 0 Å². The number of fused-ring (bicyclic) bond motifs is 3. The molecule has 3 heterocycles. The second-order valence-electron chi connectivity index (χ2n) is 7.68. The van der Waals surface area contributed by atoms with Gasteiger partial charge in [0, 0.05) is 24.5 Å². The fourth-order valence-electron chi connectivity index (χ4n) is 4.03. The zero-order valence-corrected chi connectivity index (χ0v) is 18.4. The molecule has 10 heteroatoms. The summed E-state index contributed by atoms with van der Waals surface area (Å²) in [4.78, 5) is 42.9. The predicted molar refractivity (Wildman–Crippen MR) is 124 cm³/mol. The molecule has 0 radical (unpaired) electrons. The van der Waals surface area contributed by atoms with Crippen molar-refractivity contribution >= 4 is 22.9 Å². The van der Waals surface area contributed by atoms with Crippen LogP contribution in [0.1, 0.15) is 6.92 Å². The summed E-state index contributed by atoms with van der Waals surface area (Å²) in [5.74, 6) is -0.706. The van der Waals surface area contributed by atoms with Crippen LogP contribution in [0.5, 0.6) is 0 Å². The van der Waals surface area contributed by atoms with Crippen LogP contribution in [0.25, 0.3) is 33.9 Å². The van der Waals surface area contributed by atoms with E-state index >= 15 is 0 Å². The van der Waals surface area contributed by atoms with E-state index in [0.29, 0.717) is 17.2 Å². The number of aryl methyl sites for hydroxylation is 1. The molecule has 0 fully saturated rings. The Hall–Kier alpha value is -4.47. The van der Waals surface area contributed by atoms with Gasteiger partial charge in [0.15, 0.2) is 11.2 Å². The molecule has 0 amide bonds. The first-order valence-electron chi connectivity index (χ1n) is 10.6. The zero-order valence-electron chi connectivity index (χ0n) is 18.4. The average molecular weight is 461 g/mol. The van der Waals surface area contributed by atoms with E-state index in [1.807, 2.05) is 30.3 Å². The predicted octanol–water partition coefficient (Wildman–Crippen LogP) is 2.51. The van der Waals surface area contributed by atoms with Crippen LogP contribution >= 0.6 is 0 Å². The number of esters is 1. The molecule has 0 atom stereocenters. The SMILES string of the molecule is CCOC(=O)Cn1c(=O)c2c(nc3n(-c4ccc(F)cc4)c(-c4ccccc4)cn23)n(C)c1=O. The van der Waals surface area contributed by atoms with Crippen LogP contribution in [-0.4, -0.2) is 35.7 Å². The van der Waals surface area contributed by atoms with Crippen molar-refractivity contribution in [1.82, 2.24) is 23.1 Å². The van der Waals surface area contributed by atoms with E-state index in [4.69, 9.17) is 4.74 Å². The third-order valence-electron chi connectivity index (χ3n) is 5.60. The molecule has 172 valence electrons. The van der Waals surface area contributed by atoms with Gasteiger partial charge in [0.1, 0.15) is 12.4 Å². The number of carbonyl (C=O) groups is 1. The van der Waals surface area contributed by atoms with E-state index in [9.17, 15) is 18.8 Å². The van der Waals surface area contributed by atoms with E-state index in [-0.39, 0.29) is 23.6 Å². The molecule has 0 N–H and O–H groups in total. The number of hydrogen-bond acceptors (Lipinski definition) is 5. The van der Waals surface area contributed by atoms with Crippen molar-refractivity contribution in [3.8, 4) is 16.9 Å². The summed E-state index contributed by atoms with van der Waals surface area (Å²) in [6.07, 6.45) is 1.74. The lowest BCUT2D eigenvalue weighted by Crippen LogP contribution is -2.41. The van der Waals surface area contributed by atoms with Crippen LogP contribution in [0.2, 0.25) is 0 Å². The minimum atomic E-state index is -0.685. The average Bonchev–Trinajstić information content (AvgIpc) is 3.38. The number of imidazole rings is 2. The van der Waals surface area contributed by atoms with Gasteiger partial charge in [-0.05, 0) is 31.2 Å². The lowest BCUT2D eigenvalue weighted by Gasteiger charge is -2.09. The summed E-state index contributed by atoms with van der Waals surface area (Å²) in [6.45, 7) is 1.27. The van der Waals surface area contributed by atoms with Gasteiger partial charge in [0.2, 0.25) is 5.78 Å². The molecule has 0 aliphatic heterocycles. The van der Waals surface area contributed by atoms with Gasteiger partial charge in [-0.25, -0.2) is 13.8 Å². The molecule has 3 aromatic heterocycles. The monoisotopic (exact) mass is 461 g/mol. The zero-order chi connectivity index (χ0) is 24.0.